The fraction of sp³-hybridized carbons (Fsp3) is 0.600. The minimum atomic E-state index is 0.763. The van der Waals surface area contributed by atoms with Crippen molar-refractivity contribution in [3.8, 4) is 0 Å². The van der Waals surface area contributed by atoms with Crippen LogP contribution in [0.25, 0.3) is 0 Å². The van der Waals surface area contributed by atoms with Crippen molar-refractivity contribution < 1.29 is 0 Å². The molecule has 0 amide bonds. The number of aryl methyl sites for hydroxylation is 1. The van der Waals surface area contributed by atoms with Crippen molar-refractivity contribution in [2.45, 2.75) is 39.5 Å². The Balaban J connectivity index is 2.60. The van der Waals surface area contributed by atoms with Crippen molar-refractivity contribution in [1.29, 1.82) is 0 Å². The fourth-order valence-corrected chi connectivity index (χ4v) is 2.26. The maximum absolute atomic E-state index is 2.31. The molecule has 1 unspecified atom stereocenters. The van der Waals surface area contributed by atoms with E-state index in [2.05, 4.69) is 32.9 Å². The van der Waals surface area contributed by atoms with Crippen LogP contribution in [-0.2, 0) is 0 Å². The zero-order valence-electron chi connectivity index (χ0n) is 7.55. The molecule has 0 nitrogen and oxygen atoms in total. The van der Waals surface area contributed by atoms with Crippen molar-refractivity contribution in [3.63, 3.8) is 0 Å². The summed E-state index contributed by atoms with van der Waals surface area (Å²) in [7, 11) is 0. The Hall–Kier alpha value is -0.300. The van der Waals surface area contributed by atoms with Crippen molar-refractivity contribution in [3.05, 3.63) is 21.9 Å². The number of hydrogen-bond donors (Lipinski definition) is 0. The van der Waals surface area contributed by atoms with Gasteiger partial charge in [0.1, 0.15) is 0 Å². The molecule has 0 aliphatic heterocycles. The van der Waals surface area contributed by atoms with Gasteiger partial charge >= 0.3 is 0 Å². The monoisotopic (exact) mass is 168 g/mol. The highest BCUT2D eigenvalue weighted by atomic mass is 32.1. The smallest absolute Gasteiger partial charge is 0.00762 e. The highest BCUT2D eigenvalue weighted by molar-refractivity contribution is 7.12. The second-order valence-electron chi connectivity index (χ2n) is 3.14. The Morgan fingerprint density at radius 2 is 2.18 bits per heavy atom. The van der Waals surface area contributed by atoms with Gasteiger partial charge in [0.15, 0.2) is 0 Å². The lowest BCUT2D eigenvalue weighted by Crippen LogP contribution is -1.87. The Labute approximate surface area is 73.3 Å². The molecule has 0 aliphatic carbocycles. The minimum absolute atomic E-state index is 0.763. The zero-order chi connectivity index (χ0) is 8.27. The molecule has 1 aromatic heterocycles. The second kappa shape index (κ2) is 3.91. The standard InChI is InChI=1S/C10H16S/c1-4-5-8(2)10-7-6-9(3)11-10/h6-8H,4-5H2,1-3H3. The molecule has 1 rings (SSSR count). The summed E-state index contributed by atoms with van der Waals surface area (Å²) in [6.45, 7) is 6.73. The van der Waals surface area contributed by atoms with Crippen LogP contribution in [0, 0.1) is 6.92 Å². The van der Waals surface area contributed by atoms with Gasteiger partial charge in [-0.05, 0) is 31.4 Å². The Kier molecular flexibility index (Phi) is 3.13. The molecule has 0 radical (unpaired) electrons. The summed E-state index contributed by atoms with van der Waals surface area (Å²) in [5, 5.41) is 0. The second-order valence-corrected chi connectivity index (χ2v) is 4.46. The molecule has 1 heterocycles. The molecule has 1 aromatic rings. The molecule has 0 bridgehead atoms. The van der Waals surface area contributed by atoms with Crippen LogP contribution in [-0.4, -0.2) is 0 Å². The Bertz CT molecular complexity index is 212. The van der Waals surface area contributed by atoms with Gasteiger partial charge in [-0.2, -0.15) is 0 Å². The van der Waals surface area contributed by atoms with Gasteiger partial charge in [0.05, 0.1) is 0 Å². The predicted octanol–water partition coefficient (Wildman–Crippen LogP) is 3.96. The van der Waals surface area contributed by atoms with E-state index in [1.54, 1.807) is 4.88 Å². The molecule has 0 saturated carbocycles. The molecular formula is C10H16S. The lowest BCUT2D eigenvalue weighted by Gasteiger charge is -2.05. The van der Waals surface area contributed by atoms with Crippen LogP contribution in [0.1, 0.15) is 42.4 Å². The van der Waals surface area contributed by atoms with Crippen molar-refractivity contribution in [2.75, 3.05) is 0 Å². The maximum Gasteiger partial charge on any atom is 0.00762 e. The molecule has 0 aliphatic rings. The van der Waals surface area contributed by atoms with E-state index in [0.717, 1.165) is 5.92 Å². The van der Waals surface area contributed by atoms with Crippen molar-refractivity contribution in [1.82, 2.24) is 0 Å². The predicted molar refractivity (Wildman–Crippen MR) is 52.4 cm³/mol. The first-order chi connectivity index (χ1) is 5.24. The average Bonchev–Trinajstić information content (AvgIpc) is 2.36. The van der Waals surface area contributed by atoms with Gasteiger partial charge in [-0.15, -0.1) is 11.3 Å². The topological polar surface area (TPSA) is 0 Å². The van der Waals surface area contributed by atoms with Crippen LogP contribution in [0.4, 0.5) is 0 Å². The van der Waals surface area contributed by atoms with Crippen LogP contribution < -0.4 is 0 Å². The van der Waals surface area contributed by atoms with Gasteiger partial charge in [-0.25, -0.2) is 0 Å². The van der Waals surface area contributed by atoms with Crippen LogP contribution >= 0.6 is 11.3 Å². The minimum Gasteiger partial charge on any atom is -0.145 e. The third-order valence-electron chi connectivity index (χ3n) is 1.97. The summed E-state index contributed by atoms with van der Waals surface area (Å²) >= 11 is 1.94. The summed E-state index contributed by atoms with van der Waals surface area (Å²) in [5.41, 5.74) is 0. The first kappa shape index (κ1) is 8.79. The van der Waals surface area contributed by atoms with Crippen LogP contribution in [0.3, 0.4) is 0 Å². The summed E-state index contributed by atoms with van der Waals surface area (Å²) in [4.78, 5) is 2.98. The molecule has 1 atom stereocenters. The summed E-state index contributed by atoms with van der Waals surface area (Å²) < 4.78 is 0. The number of rotatable bonds is 3. The summed E-state index contributed by atoms with van der Waals surface area (Å²) in [5.74, 6) is 0.763. The lowest BCUT2D eigenvalue weighted by atomic mass is 10.1. The van der Waals surface area contributed by atoms with E-state index in [9.17, 15) is 0 Å². The summed E-state index contributed by atoms with van der Waals surface area (Å²) in [6.07, 6.45) is 2.61. The highest BCUT2D eigenvalue weighted by Gasteiger charge is 2.05. The van der Waals surface area contributed by atoms with Crippen LogP contribution in [0.5, 0.6) is 0 Å². The zero-order valence-corrected chi connectivity index (χ0v) is 8.37. The Morgan fingerprint density at radius 3 is 2.64 bits per heavy atom. The average molecular weight is 168 g/mol. The van der Waals surface area contributed by atoms with Gasteiger partial charge in [0, 0.05) is 9.75 Å². The third-order valence-corrected chi connectivity index (χ3v) is 3.20. The molecule has 1 heteroatoms. The number of thiophene rings is 1. The highest BCUT2D eigenvalue weighted by Crippen LogP contribution is 2.27. The van der Waals surface area contributed by atoms with E-state index in [1.165, 1.54) is 17.7 Å². The van der Waals surface area contributed by atoms with Gasteiger partial charge in [0.25, 0.3) is 0 Å². The van der Waals surface area contributed by atoms with E-state index >= 15 is 0 Å². The molecule has 0 spiro atoms. The van der Waals surface area contributed by atoms with E-state index < -0.39 is 0 Å². The Morgan fingerprint density at radius 1 is 1.45 bits per heavy atom. The first-order valence-corrected chi connectivity index (χ1v) is 5.12. The normalized spacial score (nSPS) is 13.4. The van der Waals surface area contributed by atoms with Crippen molar-refractivity contribution in [2.24, 2.45) is 0 Å². The molecule has 11 heavy (non-hydrogen) atoms. The van der Waals surface area contributed by atoms with Crippen LogP contribution in [0.2, 0.25) is 0 Å². The van der Waals surface area contributed by atoms with Crippen LogP contribution in [0.15, 0.2) is 12.1 Å². The lowest BCUT2D eigenvalue weighted by molar-refractivity contribution is 0.675. The van der Waals surface area contributed by atoms with Gasteiger partial charge in [-0.1, -0.05) is 20.3 Å². The van der Waals surface area contributed by atoms with Crippen molar-refractivity contribution >= 4 is 11.3 Å². The maximum atomic E-state index is 2.31. The first-order valence-electron chi connectivity index (χ1n) is 4.30. The summed E-state index contributed by atoms with van der Waals surface area (Å²) in [6, 6.07) is 4.48. The van der Waals surface area contributed by atoms with E-state index in [0.29, 0.717) is 0 Å². The van der Waals surface area contributed by atoms with Gasteiger partial charge < -0.3 is 0 Å². The molecule has 0 aromatic carbocycles. The quantitative estimate of drug-likeness (QED) is 0.641. The molecule has 0 saturated heterocycles. The SMILES string of the molecule is CCCC(C)c1ccc(C)s1. The van der Waals surface area contributed by atoms with E-state index in [4.69, 9.17) is 0 Å². The molecule has 0 N–H and O–H groups in total. The molecular weight excluding hydrogens is 152 g/mol. The fourth-order valence-electron chi connectivity index (χ4n) is 1.29. The van der Waals surface area contributed by atoms with Gasteiger partial charge in [-0.3, -0.25) is 0 Å². The van der Waals surface area contributed by atoms with E-state index in [-0.39, 0.29) is 0 Å². The molecule has 0 fully saturated rings. The number of hydrogen-bond acceptors (Lipinski definition) is 1. The third kappa shape index (κ3) is 2.33. The molecule has 62 valence electrons. The van der Waals surface area contributed by atoms with Gasteiger partial charge in [0.2, 0.25) is 0 Å². The largest absolute Gasteiger partial charge is 0.145 e. The van der Waals surface area contributed by atoms with E-state index in [1.807, 2.05) is 11.3 Å².